The van der Waals surface area contributed by atoms with Gasteiger partial charge in [0.2, 0.25) is 0 Å². The molecule has 1 aliphatic rings. The van der Waals surface area contributed by atoms with Crippen molar-refractivity contribution in [2.24, 2.45) is 0 Å². The van der Waals surface area contributed by atoms with Gasteiger partial charge in [-0.15, -0.1) is 0 Å². The van der Waals surface area contributed by atoms with E-state index in [4.69, 9.17) is 0 Å². The first-order valence-corrected chi connectivity index (χ1v) is 8.11. The third kappa shape index (κ3) is 2.83. The number of hydrogen-bond donors (Lipinski definition) is 0. The summed E-state index contributed by atoms with van der Waals surface area (Å²) in [6.07, 6.45) is 3.71. The van der Waals surface area contributed by atoms with Crippen molar-refractivity contribution >= 4 is 17.8 Å². The first-order valence-electron chi connectivity index (χ1n) is 8.11. The van der Waals surface area contributed by atoms with Crippen LogP contribution >= 0.6 is 0 Å². The highest BCUT2D eigenvalue weighted by molar-refractivity contribution is 5.95. The fourth-order valence-electron chi connectivity index (χ4n) is 2.87. The molecule has 7 heteroatoms. The van der Waals surface area contributed by atoms with Crippen LogP contribution in [-0.4, -0.2) is 20.4 Å². The van der Waals surface area contributed by atoms with Crippen LogP contribution in [0.1, 0.15) is 11.4 Å². The number of anilines is 1. The van der Waals surface area contributed by atoms with Crippen molar-refractivity contribution < 1.29 is 9.18 Å². The molecule has 1 aromatic heterocycles. The van der Waals surface area contributed by atoms with Crippen molar-refractivity contribution in [3.8, 4) is 0 Å². The number of carbonyl (C=O) groups excluding carboxylic acids is 1. The molecule has 0 saturated heterocycles. The number of halogens is 1. The summed E-state index contributed by atoms with van der Waals surface area (Å²) in [6.45, 7) is 0.451. The first-order chi connectivity index (χ1) is 12.6. The van der Waals surface area contributed by atoms with Crippen molar-refractivity contribution in [2.75, 3.05) is 4.90 Å². The molecule has 6 nitrogen and oxygen atoms in total. The molecule has 0 aliphatic carbocycles. The highest BCUT2D eigenvalue weighted by atomic mass is 19.1. The maximum absolute atomic E-state index is 13.1. The second-order valence-corrected chi connectivity index (χ2v) is 5.87. The first kappa shape index (κ1) is 16.0. The quantitative estimate of drug-likeness (QED) is 0.727. The van der Waals surface area contributed by atoms with Crippen molar-refractivity contribution in [1.82, 2.24) is 14.3 Å². The smallest absolute Gasteiger partial charge is 0.286 e. The van der Waals surface area contributed by atoms with Gasteiger partial charge in [0, 0.05) is 5.69 Å². The highest BCUT2D eigenvalue weighted by Gasteiger charge is 2.33. The predicted molar refractivity (Wildman–Crippen MR) is 95.3 cm³/mol. The lowest BCUT2D eigenvalue weighted by Crippen LogP contribution is -2.34. The van der Waals surface area contributed by atoms with Gasteiger partial charge in [-0.25, -0.2) is 18.7 Å². The number of rotatable bonds is 4. The molecule has 26 heavy (non-hydrogen) atoms. The van der Waals surface area contributed by atoms with E-state index in [0.29, 0.717) is 11.5 Å². The number of aromatic nitrogens is 3. The van der Waals surface area contributed by atoms with E-state index in [2.05, 4.69) is 5.10 Å². The second kappa shape index (κ2) is 6.44. The summed E-state index contributed by atoms with van der Waals surface area (Å²) >= 11 is 0. The number of fused-ring (bicyclic) bond motifs is 1. The van der Waals surface area contributed by atoms with E-state index in [1.807, 2.05) is 42.5 Å². The normalized spacial score (nSPS) is 13.6. The Morgan fingerprint density at radius 1 is 1.04 bits per heavy atom. The van der Waals surface area contributed by atoms with E-state index in [9.17, 15) is 14.0 Å². The van der Waals surface area contributed by atoms with Gasteiger partial charge >= 0.3 is 11.7 Å². The van der Waals surface area contributed by atoms with Crippen LogP contribution in [0.15, 0.2) is 65.5 Å². The van der Waals surface area contributed by atoms with E-state index < -0.39 is 11.7 Å². The molecule has 0 atom stereocenters. The van der Waals surface area contributed by atoms with Crippen molar-refractivity contribution in [1.29, 1.82) is 0 Å². The fourth-order valence-corrected chi connectivity index (χ4v) is 2.87. The van der Waals surface area contributed by atoms with Gasteiger partial charge in [0.1, 0.15) is 5.82 Å². The highest BCUT2D eigenvalue weighted by Crippen LogP contribution is 2.22. The maximum atomic E-state index is 13.1. The zero-order chi connectivity index (χ0) is 18.1. The van der Waals surface area contributed by atoms with Crippen molar-refractivity contribution in [3.05, 3.63) is 88.4 Å². The monoisotopic (exact) mass is 350 g/mol. The Morgan fingerprint density at radius 2 is 1.77 bits per heavy atom. The fraction of sp³-hybridized carbons (Fsp3) is 0.105. The molecule has 0 saturated carbocycles. The van der Waals surface area contributed by atoms with Crippen LogP contribution < -0.4 is 10.6 Å². The van der Waals surface area contributed by atoms with Crippen LogP contribution in [0.4, 0.5) is 14.9 Å². The minimum Gasteiger partial charge on any atom is -0.286 e. The van der Waals surface area contributed by atoms with Crippen molar-refractivity contribution in [3.63, 3.8) is 0 Å². The second-order valence-electron chi connectivity index (χ2n) is 5.87. The molecular formula is C19H15FN4O2. The SMILES string of the molecule is O=C1N(c2ccc(F)cc2)Cc2nn(C/C=C/c3ccccc3)c(=O)n21. The molecule has 4 rings (SSSR count). The van der Waals surface area contributed by atoms with Gasteiger partial charge in [-0.1, -0.05) is 42.5 Å². The van der Waals surface area contributed by atoms with E-state index in [0.717, 1.165) is 10.1 Å². The van der Waals surface area contributed by atoms with Gasteiger partial charge in [0.15, 0.2) is 5.82 Å². The Kier molecular flexibility index (Phi) is 3.96. The molecule has 1 aliphatic heterocycles. The summed E-state index contributed by atoms with van der Waals surface area (Å²) in [4.78, 5) is 26.4. The molecule has 130 valence electrons. The summed E-state index contributed by atoms with van der Waals surface area (Å²) in [5, 5.41) is 4.24. The number of allylic oxidation sites excluding steroid dienone is 1. The van der Waals surface area contributed by atoms with Gasteiger partial charge in [-0.05, 0) is 29.8 Å². The van der Waals surface area contributed by atoms with E-state index in [-0.39, 0.29) is 18.9 Å². The average molecular weight is 350 g/mol. The van der Waals surface area contributed by atoms with Crippen LogP contribution in [0.3, 0.4) is 0 Å². The van der Waals surface area contributed by atoms with Crippen LogP contribution in [0, 0.1) is 5.82 Å². The number of benzene rings is 2. The molecule has 0 spiro atoms. The minimum absolute atomic E-state index is 0.176. The molecule has 1 amide bonds. The summed E-state index contributed by atoms with van der Waals surface area (Å²) in [7, 11) is 0. The molecule has 3 aromatic rings. The summed E-state index contributed by atoms with van der Waals surface area (Å²) in [5.74, 6) is -0.0110. The topological polar surface area (TPSA) is 60.1 Å². The molecule has 0 radical (unpaired) electrons. The van der Waals surface area contributed by atoms with E-state index in [1.165, 1.54) is 33.8 Å². The number of amides is 1. The summed E-state index contributed by atoms with van der Waals surface area (Å²) < 4.78 is 15.4. The van der Waals surface area contributed by atoms with Crippen LogP contribution in [0.5, 0.6) is 0 Å². The summed E-state index contributed by atoms with van der Waals surface area (Å²) in [6, 6.07) is 14.8. The zero-order valence-electron chi connectivity index (χ0n) is 13.7. The van der Waals surface area contributed by atoms with Crippen LogP contribution in [0.2, 0.25) is 0 Å². The summed E-state index contributed by atoms with van der Waals surface area (Å²) in [5.41, 5.74) is 1.06. The lowest BCUT2D eigenvalue weighted by atomic mass is 10.2. The van der Waals surface area contributed by atoms with Gasteiger partial charge in [-0.2, -0.15) is 9.67 Å². The van der Waals surface area contributed by atoms with E-state index >= 15 is 0 Å². The number of nitrogens with zero attached hydrogens (tertiary/aromatic N) is 4. The molecule has 2 aromatic carbocycles. The van der Waals surface area contributed by atoms with Gasteiger partial charge in [-0.3, -0.25) is 4.90 Å². The third-order valence-electron chi connectivity index (χ3n) is 4.15. The Labute approximate surface area is 148 Å². The average Bonchev–Trinajstić information content (AvgIpc) is 3.14. The van der Waals surface area contributed by atoms with Gasteiger partial charge in [0.25, 0.3) is 0 Å². The third-order valence-corrected chi connectivity index (χ3v) is 4.15. The predicted octanol–water partition coefficient (Wildman–Crippen LogP) is 2.89. The molecule has 0 bridgehead atoms. The number of carbonyl (C=O) groups is 1. The lowest BCUT2D eigenvalue weighted by Gasteiger charge is -2.14. The Bertz CT molecular complexity index is 1040. The largest absolute Gasteiger partial charge is 0.354 e. The molecule has 0 unspecified atom stereocenters. The Morgan fingerprint density at radius 3 is 2.46 bits per heavy atom. The van der Waals surface area contributed by atoms with Gasteiger partial charge in [0.05, 0.1) is 13.1 Å². The standard InChI is InChI=1S/C19H15FN4O2/c20-15-8-10-16(11-9-15)22-13-17-21-23(19(26)24(17)18(22)25)12-4-7-14-5-2-1-3-6-14/h1-11H,12-13H2/b7-4+. The molecular weight excluding hydrogens is 335 g/mol. The lowest BCUT2D eigenvalue weighted by molar-refractivity contribution is 0.250. The van der Waals surface area contributed by atoms with Crippen LogP contribution in [0.25, 0.3) is 6.08 Å². The zero-order valence-corrected chi connectivity index (χ0v) is 13.7. The maximum Gasteiger partial charge on any atom is 0.354 e. The van der Waals surface area contributed by atoms with Crippen LogP contribution in [-0.2, 0) is 13.1 Å². The Hall–Kier alpha value is -3.48. The molecule has 2 heterocycles. The number of hydrogen-bond acceptors (Lipinski definition) is 3. The van der Waals surface area contributed by atoms with Crippen molar-refractivity contribution in [2.45, 2.75) is 13.1 Å². The molecule has 0 N–H and O–H groups in total. The van der Waals surface area contributed by atoms with Gasteiger partial charge < -0.3 is 0 Å². The minimum atomic E-state index is -0.479. The van der Waals surface area contributed by atoms with E-state index in [1.54, 1.807) is 0 Å². The Balaban J connectivity index is 1.54. The molecule has 0 fully saturated rings.